The third-order valence-electron chi connectivity index (χ3n) is 2.77. The van der Waals surface area contributed by atoms with Crippen LogP contribution in [0, 0.1) is 5.41 Å². The van der Waals surface area contributed by atoms with Crippen LogP contribution in [0.15, 0.2) is 24.5 Å². The smallest absolute Gasteiger partial charge is 0.322 e. The van der Waals surface area contributed by atoms with E-state index < -0.39 is 17.4 Å². The minimum Gasteiger partial charge on any atom is -0.480 e. The van der Waals surface area contributed by atoms with Gasteiger partial charge in [-0.15, -0.1) is 0 Å². The molecule has 0 aromatic carbocycles. The highest BCUT2D eigenvalue weighted by Gasteiger charge is 2.42. The Morgan fingerprint density at radius 3 is 2.47 bits per heavy atom. The van der Waals surface area contributed by atoms with Crippen LogP contribution in [0.4, 0.5) is 0 Å². The molecule has 0 amide bonds. The molecule has 0 aliphatic rings. The largest absolute Gasteiger partial charge is 0.480 e. The summed E-state index contributed by atoms with van der Waals surface area (Å²) in [5, 5.41) is 9.10. The van der Waals surface area contributed by atoms with Gasteiger partial charge in [-0.25, -0.2) is 0 Å². The van der Waals surface area contributed by atoms with Crippen LogP contribution >= 0.6 is 0 Å². The third-order valence-corrected chi connectivity index (χ3v) is 2.77. The van der Waals surface area contributed by atoms with Crippen molar-refractivity contribution in [2.45, 2.75) is 19.8 Å². The summed E-state index contributed by atoms with van der Waals surface area (Å²) in [5.74, 6) is -1.89. The molecule has 1 unspecified atom stereocenters. The quantitative estimate of drug-likeness (QED) is 0.616. The van der Waals surface area contributed by atoms with Gasteiger partial charge in [0.2, 0.25) is 0 Å². The summed E-state index contributed by atoms with van der Waals surface area (Å²) in [6.07, 6.45) is 3.94. The minimum atomic E-state index is -1.50. The minimum absolute atomic E-state index is 0.193. The van der Waals surface area contributed by atoms with Crippen LogP contribution in [0.3, 0.4) is 0 Å². The van der Waals surface area contributed by atoms with Gasteiger partial charge in [0.15, 0.2) is 5.41 Å². The number of esters is 1. The molecule has 92 valence electrons. The van der Waals surface area contributed by atoms with E-state index in [1.807, 2.05) is 0 Å². The number of nitrogens with zero attached hydrogens (tertiary/aromatic N) is 1. The fraction of sp³-hybridized carbons (Fsp3) is 0.417. The van der Waals surface area contributed by atoms with E-state index in [2.05, 4.69) is 9.72 Å². The van der Waals surface area contributed by atoms with Crippen molar-refractivity contribution in [2.75, 3.05) is 7.11 Å². The molecule has 0 aliphatic heterocycles. The molecule has 0 bridgehead atoms. The molecule has 0 spiro atoms. The number of aliphatic carboxylic acids is 1. The first-order valence-corrected chi connectivity index (χ1v) is 5.21. The topological polar surface area (TPSA) is 76.5 Å². The second-order valence-electron chi connectivity index (χ2n) is 3.98. The third kappa shape index (κ3) is 3.03. The van der Waals surface area contributed by atoms with Gasteiger partial charge in [-0.1, -0.05) is 0 Å². The van der Waals surface area contributed by atoms with Gasteiger partial charge in [-0.2, -0.15) is 0 Å². The van der Waals surface area contributed by atoms with E-state index in [4.69, 9.17) is 5.11 Å². The molecular weight excluding hydrogens is 222 g/mol. The molecule has 0 radical (unpaired) electrons. The van der Waals surface area contributed by atoms with E-state index in [0.29, 0.717) is 6.42 Å². The molecular formula is C12H15NO4. The van der Waals surface area contributed by atoms with Gasteiger partial charge in [-0.05, 0) is 37.5 Å². The van der Waals surface area contributed by atoms with Crippen LogP contribution in [0.25, 0.3) is 0 Å². The molecule has 5 heteroatoms. The van der Waals surface area contributed by atoms with E-state index >= 15 is 0 Å². The molecule has 0 saturated carbocycles. The lowest BCUT2D eigenvalue weighted by Crippen LogP contribution is -2.37. The van der Waals surface area contributed by atoms with Crippen LogP contribution in [0.5, 0.6) is 0 Å². The number of ether oxygens (including phenoxy) is 1. The molecule has 0 fully saturated rings. The summed E-state index contributed by atoms with van der Waals surface area (Å²) in [7, 11) is 1.19. The van der Waals surface area contributed by atoms with Crippen molar-refractivity contribution in [2.24, 2.45) is 5.41 Å². The van der Waals surface area contributed by atoms with E-state index in [-0.39, 0.29) is 6.42 Å². The Bertz CT molecular complexity index is 404. The van der Waals surface area contributed by atoms with E-state index in [1.165, 1.54) is 14.0 Å². The van der Waals surface area contributed by atoms with Crippen LogP contribution in [-0.4, -0.2) is 29.1 Å². The molecule has 1 rings (SSSR count). The van der Waals surface area contributed by atoms with Crippen molar-refractivity contribution in [3.8, 4) is 0 Å². The van der Waals surface area contributed by atoms with Crippen molar-refractivity contribution in [1.29, 1.82) is 0 Å². The molecule has 5 nitrogen and oxygen atoms in total. The molecule has 1 heterocycles. The molecule has 0 saturated heterocycles. The zero-order valence-electron chi connectivity index (χ0n) is 9.84. The number of rotatable bonds is 5. The lowest BCUT2D eigenvalue weighted by Gasteiger charge is -2.21. The highest BCUT2D eigenvalue weighted by Crippen LogP contribution is 2.25. The zero-order chi connectivity index (χ0) is 12.9. The zero-order valence-corrected chi connectivity index (χ0v) is 9.84. The number of pyridine rings is 1. The summed E-state index contributed by atoms with van der Waals surface area (Å²) in [5.41, 5.74) is -0.561. The van der Waals surface area contributed by atoms with Gasteiger partial charge in [0, 0.05) is 12.4 Å². The summed E-state index contributed by atoms with van der Waals surface area (Å²) in [6.45, 7) is 1.38. The number of aromatic nitrogens is 1. The van der Waals surface area contributed by atoms with Crippen LogP contribution in [0.2, 0.25) is 0 Å². The Morgan fingerprint density at radius 2 is 2.00 bits per heavy atom. The Labute approximate surface area is 99.4 Å². The van der Waals surface area contributed by atoms with Crippen molar-refractivity contribution >= 4 is 11.9 Å². The number of hydrogen-bond donors (Lipinski definition) is 1. The predicted molar refractivity (Wildman–Crippen MR) is 60.3 cm³/mol. The maximum Gasteiger partial charge on any atom is 0.322 e. The fourth-order valence-electron chi connectivity index (χ4n) is 1.47. The van der Waals surface area contributed by atoms with Gasteiger partial charge in [0.05, 0.1) is 7.11 Å². The normalized spacial score (nSPS) is 13.8. The number of carbonyl (C=O) groups excluding carboxylic acids is 1. The summed E-state index contributed by atoms with van der Waals surface area (Å²) in [6, 6.07) is 3.58. The molecule has 1 aromatic rings. The number of methoxy groups -OCH3 is 1. The summed E-state index contributed by atoms with van der Waals surface area (Å²) >= 11 is 0. The molecule has 1 aromatic heterocycles. The average molecular weight is 237 g/mol. The first-order valence-electron chi connectivity index (χ1n) is 5.21. The van der Waals surface area contributed by atoms with E-state index in [9.17, 15) is 9.59 Å². The molecule has 1 N–H and O–H groups in total. The maximum atomic E-state index is 11.5. The predicted octanol–water partition coefficient (Wildman–Crippen LogP) is 1.28. The highest BCUT2D eigenvalue weighted by atomic mass is 16.5. The van der Waals surface area contributed by atoms with Gasteiger partial charge in [0.1, 0.15) is 0 Å². The Morgan fingerprint density at radius 1 is 1.41 bits per heavy atom. The lowest BCUT2D eigenvalue weighted by molar-refractivity contribution is -0.166. The number of aryl methyl sites for hydroxylation is 1. The van der Waals surface area contributed by atoms with Gasteiger partial charge >= 0.3 is 11.9 Å². The number of carboxylic acids is 1. The number of carbonyl (C=O) groups is 2. The standard InChI is InChI=1S/C12H15NO4/c1-12(10(14)15,11(16)17-2)6-3-9-4-7-13-8-5-9/h4-5,7-8H,3,6H2,1-2H3,(H,14,15). The molecule has 17 heavy (non-hydrogen) atoms. The lowest BCUT2D eigenvalue weighted by atomic mass is 9.84. The van der Waals surface area contributed by atoms with Crippen molar-refractivity contribution in [3.63, 3.8) is 0 Å². The summed E-state index contributed by atoms with van der Waals surface area (Å²) in [4.78, 5) is 26.5. The van der Waals surface area contributed by atoms with Gasteiger partial charge in [-0.3, -0.25) is 14.6 Å². The van der Waals surface area contributed by atoms with E-state index in [1.54, 1.807) is 24.5 Å². The average Bonchev–Trinajstić information content (AvgIpc) is 2.35. The summed E-state index contributed by atoms with van der Waals surface area (Å²) < 4.78 is 4.53. The molecule has 0 aliphatic carbocycles. The second kappa shape index (κ2) is 5.43. The Balaban J connectivity index is 2.76. The van der Waals surface area contributed by atoms with Crippen molar-refractivity contribution < 1.29 is 19.4 Å². The van der Waals surface area contributed by atoms with Crippen molar-refractivity contribution in [3.05, 3.63) is 30.1 Å². The highest BCUT2D eigenvalue weighted by molar-refractivity contribution is 5.98. The Kier molecular flexibility index (Phi) is 4.20. The fourth-order valence-corrected chi connectivity index (χ4v) is 1.47. The van der Waals surface area contributed by atoms with Gasteiger partial charge < -0.3 is 9.84 Å². The van der Waals surface area contributed by atoms with Crippen LogP contribution in [0.1, 0.15) is 18.9 Å². The van der Waals surface area contributed by atoms with Crippen LogP contribution < -0.4 is 0 Å². The monoisotopic (exact) mass is 237 g/mol. The van der Waals surface area contributed by atoms with Crippen LogP contribution in [-0.2, 0) is 20.7 Å². The first kappa shape index (κ1) is 13.2. The molecule has 1 atom stereocenters. The SMILES string of the molecule is COC(=O)C(C)(CCc1ccncc1)C(=O)O. The number of hydrogen-bond acceptors (Lipinski definition) is 4. The van der Waals surface area contributed by atoms with Gasteiger partial charge in [0.25, 0.3) is 0 Å². The Hall–Kier alpha value is -1.91. The first-order chi connectivity index (χ1) is 8.00. The number of carboxylic acid groups (broad SMARTS) is 1. The van der Waals surface area contributed by atoms with E-state index in [0.717, 1.165) is 5.56 Å². The maximum absolute atomic E-state index is 11.5. The van der Waals surface area contributed by atoms with Crippen molar-refractivity contribution in [1.82, 2.24) is 4.98 Å². The second-order valence-corrected chi connectivity index (χ2v) is 3.98.